The van der Waals surface area contributed by atoms with Crippen molar-refractivity contribution in [1.82, 2.24) is 4.98 Å². The Morgan fingerprint density at radius 1 is 1.00 bits per heavy atom. The van der Waals surface area contributed by atoms with Crippen LogP contribution in [0.3, 0.4) is 0 Å². The van der Waals surface area contributed by atoms with Gasteiger partial charge in [-0.05, 0) is 55.8 Å². The number of hydrogen-bond acceptors (Lipinski definition) is 4. The topological polar surface area (TPSA) is 63.2 Å². The maximum absolute atomic E-state index is 13.3. The van der Waals surface area contributed by atoms with Gasteiger partial charge < -0.3 is 15.4 Å². The van der Waals surface area contributed by atoms with E-state index in [9.17, 15) is 9.18 Å². The van der Waals surface area contributed by atoms with E-state index in [1.165, 1.54) is 12.1 Å². The average molecular weight is 365 g/mol. The molecule has 1 amide bonds. The minimum Gasteiger partial charge on any atom is -0.481 e. The molecule has 0 bridgehead atoms. The number of benzene rings is 2. The van der Waals surface area contributed by atoms with E-state index in [4.69, 9.17) is 4.74 Å². The van der Waals surface area contributed by atoms with E-state index in [2.05, 4.69) is 15.6 Å². The molecule has 0 fully saturated rings. The zero-order valence-electron chi connectivity index (χ0n) is 15.3. The molecule has 0 aliphatic heterocycles. The van der Waals surface area contributed by atoms with Gasteiger partial charge in [0.15, 0.2) is 0 Å². The smallest absolute Gasteiger partial charge is 0.257 e. The fourth-order valence-corrected chi connectivity index (χ4v) is 2.68. The predicted octanol–water partition coefficient (Wildman–Crippen LogP) is 4.84. The van der Waals surface area contributed by atoms with Gasteiger partial charge in [-0.15, -0.1) is 0 Å². The molecular weight excluding hydrogens is 345 g/mol. The lowest BCUT2D eigenvalue weighted by molar-refractivity contribution is 0.102. The second kappa shape index (κ2) is 7.86. The normalized spacial score (nSPS) is 10.4. The first-order chi connectivity index (χ1) is 13.0. The molecule has 0 spiro atoms. The molecule has 0 aliphatic carbocycles. The van der Waals surface area contributed by atoms with Gasteiger partial charge in [-0.1, -0.05) is 12.1 Å². The highest BCUT2D eigenvalue weighted by molar-refractivity contribution is 6.08. The molecule has 0 aliphatic rings. The number of halogens is 1. The molecule has 3 rings (SSSR count). The molecule has 2 N–H and O–H groups in total. The highest BCUT2D eigenvalue weighted by Crippen LogP contribution is 2.25. The Morgan fingerprint density at radius 3 is 2.44 bits per heavy atom. The first-order valence-electron chi connectivity index (χ1n) is 8.43. The number of nitrogens with one attached hydrogen (secondary N) is 2. The third-order valence-corrected chi connectivity index (χ3v) is 4.15. The number of nitrogens with zero attached hydrogens (tertiary/aromatic N) is 1. The third kappa shape index (κ3) is 4.23. The van der Waals surface area contributed by atoms with Gasteiger partial charge in [-0.25, -0.2) is 9.37 Å². The standard InChI is InChI=1S/C21H20FN3O2/c1-13-12-15(22)8-9-17(13)24-19-7-5-4-6-16(19)21(26)25-18-10-11-20(27-3)23-14(18)2/h4-12,24H,1-3H3,(H,25,26). The molecule has 138 valence electrons. The third-order valence-electron chi connectivity index (χ3n) is 4.15. The number of aryl methyl sites for hydroxylation is 2. The Hall–Kier alpha value is -3.41. The SMILES string of the molecule is COc1ccc(NC(=O)c2ccccc2Nc2ccc(F)cc2C)c(C)n1. The summed E-state index contributed by atoms with van der Waals surface area (Å²) < 4.78 is 18.4. The van der Waals surface area contributed by atoms with Crippen LogP contribution >= 0.6 is 0 Å². The van der Waals surface area contributed by atoms with Crippen LogP contribution in [0, 0.1) is 19.7 Å². The zero-order valence-corrected chi connectivity index (χ0v) is 15.3. The fourth-order valence-electron chi connectivity index (χ4n) is 2.68. The van der Waals surface area contributed by atoms with Crippen molar-refractivity contribution in [2.45, 2.75) is 13.8 Å². The van der Waals surface area contributed by atoms with Crippen LogP contribution in [0.4, 0.5) is 21.5 Å². The van der Waals surface area contributed by atoms with E-state index in [1.807, 2.05) is 6.07 Å². The summed E-state index contributed by atoms with van der Waals surface area (Å²) in [5, 5.41) is 6.08. The van der Waals surface area contributed by atoms with E-state index in [1.54, 1.807) is 57.4 Å². The maximum Gasteiger partial charge on any atom is 0.257 e. The maximum atomic E-state index is 13.3. The molecule has 1 heterocycles. The average Bonchev–Trinajstić information content (AvgIpc) is 2.66. The fraction of sp³-hybridized carbons (Fsp3) is 0.143. The van der Waals surface area contributed by atoms with Crippen LogP contribution < -0.4 is 15.4 Å². The summed E-state index contributed by atoms with van der Waals surface area (Å²) in [6.45, 7) is 3.60. The summed E-state index contributed by atoms with van der Waals surface area (Å²) in [5.41, 5.74) is 3.84. The highest BCUT2D eigenvalue weighted by atomic mass is 19.1. The molecule has 0 saturated heterocycles. The van der Waals surface area contributed by atoms with E-state index in [0.717, 1.165) is 11.3 Å². The zero-order chi connectivity index (χ0) is 19.4. The second-order valence-electron chi connectivity index (χ2n) is 6.07. The number of carbonyl (C=O) groups is 1. The lowest BCUT2D eigenvalue weighted by Crippen LogP contribution is -2.15. The molecule has 1 aromatic heterocycles. The molecule has 5 nitrogen and oxygen atoms in total. The molecule has 3 aromatic rings. The number of aromatic nitrogens is 1. The Kier molecular flexibility index (Phi) is 5.35. The van der Waals surface area contributed by atoms with Crippen LogP contribution in [-0.2, 0) is 0 Å². The minimum atomic E-state index is -0.299. The highest BCUT2D eigenvalue weighted by Gasteiger charge is 2.14. The molecule has 0 atom stereocenters. The first-order valence-corrected chi connectivity index (χ1v) is 8.43. The summed E-state index contributed by atoms with van der Waals surface area (Å²) in [4.78, 5) is 17.1. The number of anilines is 3. The van der Waals surface area contributed by atoms with Crippen LogP contribution in [0.25, 0.3) is 0 Å². The number of rotatable bonds is 5. The summed E-state index contributed by atoms with van der Waals surface area (Å²) >= 11 is 0. The van der Waals surface area contributed by atoms with Crippen molar-refractivity contribution in [3.8, 4) is 5.88 Å². The van der Waals surface area contributed by atoms with Gasteiger partial charge in [0, 0.05) is 11.8 Å². The largest absolute Gasteiger partial charge is 0.481 e. The lowest BCUT2D eigenvalue weighted by Gasteiger charge is -2.15. The van der Waals surface area contributed by atoms with Crippen molar-refractivity contribution >= 4 is 23.0 Å². The van der Waals surface area contributed by atoms with E-state index in [-0.39, 0.29) is 11.7 Å². The van der Waals surface area contributed by atoms with Gasteiger partial charge in [-0.2, -0.15) is 0 Å². The lowest BCUT2D eigenvalue weighted by atomic mass is 10.1. The van der Waals surface area contributed by atoms with Gasteiger partial charge >= 0.3 is 0 Å². The van der Waals surface area contributed by atoms with E-state index in [0.29, 0.717) is 28.5 Å². The summed E-state index contributed by atoms with van der Waals surface area (Å²) in [6.07, 6.45) is 0. The molecule has 0 saturated carbocycles. The Morgan fingerprint density at radius 2 is 1.74 bits per heavy atom. The number of methoxy groups -OCH3 is 1. The first kappa shape index (κ1) is 18.4. The number of para-hydroxylation sites is 1. The monoisotopic (exact) mass is 365 g/mol. The summed E-state index contributed by atoms with van der Waals surface area (Å²) in [7, 11) is 1.54. The van der Waals surface area contributed by atoms with Gasteiger partial charge in [0.1, 0.15) is 5.82 Å². The second-order valence-corrected chi connectivity index (χ2v) is 6.07. The number of ether oxygens (including phenoxy) is 1. The van der Waals surface area contributed by atoms with Crippen LogP contribution in [0.1, 0.15) is 21.6 Å². The van der Waals surface area contributed by atoms with Crippen LogP contribution in [-0.4, -0.2) is 18.0 Å². The Bertz CT molecular complexity index is 989. The molecular formula is C21H20FN3O2. The van der Waals surface area contributed by atoms with Gasteiger partial charge in [0.25, 0.3) is 5.91 Å². The number of amides is 1. The van der Waals surface area contributed by atoms with Crippen molar-refractivity contribution in [1.29, 1.82) is 0 Å². The minimum absolute atomic E-state index is 0.270. The molecule has 2 aromatic carbocycles. The Balaban J connectivity index is 1.85. The van der Waals surface area contributed by atoms with Gasteiger partial charge in [0.2, 0.25) is 5.88 Å². The summed E-state index contributed by atoms with van der Waals surface area (Å²) in [6, 6.07) is 15.1. The van der Waals surface area contributed by atoms with Crippen LogP contribution in [0.2, 0.25) is 0 Å². The number of pyridine rings is 1. The van der Waals surface area contributed by atoms with Crippen molar-refractivity contribution in [2.75, 3.05) is 17.7 Å². The molecule has 0 radical (unpaired) electrons. The van der Waals surface area contributed by atoms with Crippen molar-refractivity contribution in [2.24, 2.45) is 0 Å². The molecule has 6 heteroatoms. The predicted molar refractivity (Wildman–Crippen MR) is 104 cm³/mol. The van der Waals surface area contributed by atoms with Crippen molar-refractivity contribution in [3.05, 3.63) is 77.2 Å². The van der Waals surface area contributed by atoms with Crippen LogP contribution in [0.5, 0.6) is 5.88 Å². The molecule has 0 unspecified atom stereocenters. The van der Waals surface area contributed by atoms with Crippen LogP contribution in [0.15, 0.2) is 54.6 Å². The van der Waals surface area contributed by atoms with Crippen molar-refractivity contribution < 1.29 is 13.9 Å². The van der Waals surface area contributed by atoms with Gasteiger partial charge in [0.05, 0.1) is 29.7 Å². The van der Waals surface area contributed by atoms with E-state index >= 15 is 0 Å². The Labute approximate surface area is 157 Å². The number of carbonyl (C=O) groups excluding carboxylic acids is 1. The summed E-state index contributed by atoms with van der Waals surface area (Å²) in [5.74, 6) is -0.0844. The van der Waals surface area contributed by atoms with E-state index < -0.39 is 0 Å². The van der Waals surface area contributed by atoms with Crippen molar-refractivity contribution in [3.63, 3.8) is 0 Å². The number of hydrogen-bond donors (Lipinski definition) is 2. The van der Waals surface area contributed by atoms with Gasteiger partial charge in [-0.3, -0.25) is 4.79 Å². The molecule has 27 heavy (non-hydrogen) atoms. The quantitative estimate of drug-likeness (QED) is 0.679.